The van der Waals surface area contributed by atoms with Gasteiger partial charge in [-0.05, 0) is 61.5 Å². The van der Waals surface area contributed by atoms with Gasteiger partial charge in [0.25, 0.3) is 5.91 Å². The van der Waals surface area contributed by atoms with Gasteiger partial charge >= 0.3 is 0 Å². The molecule has 0 atom stereocenters. The monoisotopic (exact) mass is 466 g/mol. The molecule has 172 valence electrons. The Hall–Kier alpha value is -3.65. The second kappa shape index (κ2) is 11.8. The molecule has 2 N–H and O–H groups in total. The minimum atomic E-state index is -0.260. The van der Waals surface area contributed by atoms with Gasteiger partial charge in [-0.1, -0.05) is 12.1 Å². The van der Waals surface area contributed by atoms with Crippen molar-refractivity contribution < 1.29 is 23.8 Å². The fourth-order valence-corrected chi connectivity index (χ4v) is 3.70. The fourth-order valence-electron chi connectivity index (χ4n) is 3.00. The molecule has 0 bridgehead atoms. The number of hydrogen-bond donors (Lipinski definition) is 2. The molecule has 8 heteroatoms. The molecule has 3 aromatic carbocycles. The Morgan fingerprint density at radius 2 is 1.58 bits per heavy atom. The molecular formula is C25H26N2O5S. The Morgan fingerprint density at radius 3 is 2.27 bits per heavy atom. The third-order valence-corrected chi connectivity index (χ3v) is 5.60. The fraction of sp³-hybridized carbons (Fsp3) is 0.200. The molecule has 0 fully saturated rings. The number of rotatable bonds is 10. The highest BCUT2D eigenvalue weighted by Crippen LogP contribution is 2.28. The van der Waals surface area contributed by atoms with Crippen LogP contribution in [0.1, 0.15) is 17.3 Å². The summed E-state index contributed by atoms with van der Waals surface area (Å²) in [6.45, 7) is 2.42. The Morgan fingerprint density at radius 1 is 0.848 bits per heavy atom. The van der Waals surface area contributed by atoms with Crippen LogP contribution >= 0.6 is 11.8 Å². The summed E-state index contributed by atoms with van der Waals surface area (Å²) in [6, 6.07) is 19.6. The van der Waals surface area contributed by atoms with Crippen LogP contribution in [0.3, 0.4) is 0 Å². The van der Waals surface area contributed by atoms with Crippen molar-refractivity contribution in [1.29, 1.82) is 0 Å². The van der Waals surface area contributed by atoms with E-state index in [2.05, 4.69) is 10.6 Å². The van der Waals surface area contributed by atoms with Crippen LogP contribution in [0.15, 0.2) is 71.6 Å². The Kier molecular flexibility index (Phi) is 8.60. The third-order valence-electron chi connectivity index (χ3n) is 4.59. The zero-order valence-corrected chi connectivity index (χ0v) is 19.5. The lowest BCUT2D eigenvalue weighted by Gasteiger charge is -2.11. The Balaban J connectivity index is 1.54. The zero-order chi connectivity index (χ0) is 23.6. The van der Waals surface area contributed by atoms with Gasteiger partial charge in [-0.15, -0.1) is 11.8 Å². The molecule has 2 amide bonds. The van der Waals surface area contributed by atoms with Gasteiger partial charge in [0, 0.05) is 16.1 Å². The topological polar surface area (TPSA) is 85.9 Å². The number of nitrogens with one attached hydrogen (secondary N) is 2. The molecule has 3 rings (SSSR count). The normalized spacial score (nSPS) is 10.3. The maximum atomic E-state index is 12.6. The first kappa shape index (κ1) is 24.0. The van der Waals surface area contributed by atoms with E-state index >= 15 is 0 Å². The molecule has 0 aliphatic rings. The number of para-hydroxylation sites is 2. The predicted molar refractivity (Wildman–Crippen MR) is 131 cm³/mol. The maximum Gasteiger partial charge on any atom is 0.255 e. The smallest absolute Gasteiger partial charge is 0.255 e. The van der Waals surface area contributed by atoms with Crippen molar-refractivity contribution >= 4 is 35.0 Å². The number of thioether (sulfide) groups is 1. The van der Waals surface area contributed by atoms with Crippen molar-refractivity contribution in [2.75, 3.05) is 37.2 Å². The molecule has 0 aliphatic carbocycles. The summed E-state index contributed by atoms with van der Waals surface area (Å²) in [5.41, 5.74) is 1.75. The summed E-state index contributed by atoms with van der Waals surface area (Å²) in [4.78, 5) is 25.8. The van der Waals surface area contributed by atoms with E-state index in [9.17, 15) is 9.59 Å². The summed E-state index contributed by atoms with van der Waals surface area (Å²) in [5, 5.41) is 5.73. The average molecular weight is 467 g/mol. The number of anilines is 2. The van der Waals surface area contributed by atoms with Crippen molar-refractivity contribution in [3.63, 3.8) is 0 Å². The predicted octanol–water partition coefficient (Wildman–Crippen LogP) is 5.09. The molecule has 33 heavy (non-hydrogen) atoms. The molecule has 0 unspecified atom stereocenters. The average Bonchev–Trinajstić information content (AvgIpc) is 2.84. The summed E-state index contributed by atoms with van der Waals surface area (Å²) in [7, 11) is 3.06. The van der Waals surface area contributed by atoms with E-state index in [1.165, 1.54) is 18.9 Å². The molecule has 0 aromatic heterocycles. The molecule has 0 aliphatic heterocycles. The molecular weight excluding hydrogens is 440 g/mol. The lowest BCUT2D eigenvalue weighted by molar-refractivity contribution is -0.113. The standard InChI is InChI=1S/C25H26N2O5S/c1-4-32-21-8-6-5-7-20(21)27-24(28)16-33-19-12-10-18(11-13-19)26-25(29)17-9-14-22(30-2)23(15-17)31-3/h5-15H,4,16H2,1-3H3,(H,26,29)(H,27,28). The SMILES string of the molecule is CCOc1ccccc1NC(=O)CSc1ccc(NC(=O)c2ccc(OC)c(OC)c2)cc1. The highest BCUT2D eigenvalue weighted by Gasteiger charge is 2.12. The van der Waals surface area contributed by atoms with Gasteiger partial charge in [0.1, 0.15) is 5.75 Å². The van der Waals surface area contributed by atoms with Crippen LogP contribution in [0.4, 0.5) is 11.4 Å². The Labute approximate surface area is 197 Å². The van der Waals surface area contributed by atoms with Crippen molar-refractivity contribution in [3.8, 4) is 17.2 Å². The first-order valence-electron chi connectivity index (χ1n) is 10.3. The summed E-state index contributed by atoms with van der Waals surface area (Å²) >= 11 is 1.40. The quantitative estimate of drug-likeness (QED) is 0.405. The van der Waals surface area contributed by atoms with Crippen LogP contribution in [0.5, 0.6) is 17.2 Å². The molecule has 0 radical (unpaired) electrons. The minimum absolute atomic E-state index is 0.127. The van der Waals surface area contributed by atoms with E-state index in [4.69, 9.17) is 14.2 Å². The number of methoxy groups -OCH3 is 2. The number of carbonyl (C=O) groups is 2. The van der Waals surface area contributed by atoms with E-state index in [1.54, 1.807) is 37.4 Å². The van der Waals surface area contributed by atoms with Crippen LogP contribution in [0.2, 0.25) is 0 Å². The van der Waals surface area contributed by atoms with Crippen LogP contribution in [-0.4, -0.2) is 38.4 Å². The van der Waals surface area contributed by atoms with Crippen molar-refractivity contribution in [1.82, 2.24) is 0 Å². The lowest BCUT2D eigenvalue weighted by Crippen LogP contribution is -2.15. The minimum Gasteiger partial charge on any atom is -0.493 e. The first-order valence-corrected chi connectivity index (χ1v) is 11.3. The molecule has 0 spiro atoms. The first-order chi connectivity index (χ1) is 16.0. The van der Waals surface area contributed by atoms with Crippen LogP contribution in [0, 0.1) is 0 Å². The number of hydrogen-bond acceptors (Lipinski definition) is 6. The third kappa shape index (κ3) is 6.66. The summed E-state index contributed by atoms with van der Waals surface area (Å²) < 4.78 is 16.0. The van der Waals surface area contributed by atoms with Crippen LogP contribution < -0.4 is 24.8 Å². The van der Waals surface area contributed by atoms with Crippen molar-refractivity contribution in [2.45, 2.75) is 11.8 Å². The van der Waals surface area contributed by atoms with Gasteiger partial charge in [-0.2, -0.15) is 0 Å². The van der Waals surface area contributed by atoms with Crippen molar-refractivity contribution in [3.05, 3.63) is 72.3 Å². The maximum absolute atomic E-state index is 12.6. The van der Waals surface area contributed by atoms with Gasteiger partial charge in [0.05, 0.1) is 32.3 Å². The van der Waals surface area contributed by atoms with E-state index in [0.717, 1.165) is 4.90 Å². The van der Waals surface area contributed by atoms with E-state index < -0.39 is 0 Å². The van der Waals surface area contributed by atoms with Gasteiger partial charge in [0.2, 0.25) is 5.91 Å². The molecule has 7 nitrogen and oxygen atoms in total. The van der Waals surface area contributed by atoms with Crippen LogP contribution in [-0.2, 0) is 4.79 Å². The summed E-state index contributed by atoms with van der Waals surface area (Å²) in [5.74, 6) is 1.55. The lowest BCUT2D eigenvalue weighted by atomic mass is 10.2. The van der Waals surface area contributed by atoms with Gasteiger partial charge < -0.3 is 24.8 Å². The number of amides is 2. The van der Waals surface area contributed by atoms with Gasteiger partial charge in [-0.3, -0.25) is 9.59 Å². The number of benzene rings is 3. The largest absolute Gasteiger partial charge is 0.493 e. The summed E-state index contributed by atoms with van der Waals surface area (Å²) in [6.07, 6.45) is 0. The zero-order valence-electron chi connectivity index (χ0n) is 18.7. The van der Waals surface area contributed by atoms with E-state index in [1.807, 2.05) is 43.3 Å². The highest BCUT2D eigenvalue weighted by molar-refractivity contribution is 8.00. The molecule has 3 aromatic rings. The second-order valence-electron chi connectivity index (χ2n) is 6.81. The van der Waals surface area contributed by atoms with E-state index in [-0.39, 0.29) is 17.6 Å². The van der Waals surface area contributed by atoms with Crippen LogP contribution in [0.25, 0.3) is 0 Å². The second-order valence-corrected chi connectivity index (χ2v) is 7.86. The molecule has 0 saturated carbocycles. The number of carbonyl (C=O) groups excluding carboxylic acids is 2. The van der Waals surface area contributed by atoms with E-state index in [0.29, 0.717) is 40.8 Å². The van der Waals surface area contributed by atoms with Crippen molar-refractivity contribution in [2.24, 2.45) is 0 Å². The highest BCUT2D eigenvalue weighted by atomic mass is 32.2. The van der Waals surface area contributed by atoms with Gasteiger partial charge in [-0.25, -0.2) is 0 Å². The molecule has 0 saturated heterocycles. The van der Waals surface area contributed by atoms with Gasteiger partial charge in [0.15, 0.2) is 11.5 Å². The number of ether oxygens (including phenoxy) is 3. The Bertz CT molecular complexity index is 1100. The molecule has 0 heterocycles.